The molecular formula is C32H32F3N3O5. The molecule has 1 N–H and O–H groups in total. The zero-order valence-electron chi connectivity index (χ0n) is 23.7. The van der Waals surface area contributed by atoms with Gasteiger partial charge in [-0.1, -0.05) is 36.4 Å². The lowest BCUT2D eigenvalue weighted by Gasteiger charge is -2.21. The van der Waals surface area contributed by atoms with Gasteiger partial charge in [0, 0.05) is 19.1 Å². The Balaban J connectivity index is 1.27. The summed E-state index contributed by atoms with van der Waals surface area (Å²) >= 11 is 0. The molecule has 0 radical (unpaired) electrons. The number of carbonyl (C=O) groups excluding carboxylic acids is 2. The van der Waals surface area contributed by atoms with Crippen LogP contribution in [0, 0.1) is 11.3 Å². The van der Waals surface area contributed by atoms with Gasteiger partial charge in [-0.15, -0.1) is 0 Å². The topological polar surface area (TPSA) is 101 Å². The van der Waals surface area contributed by atoms with Gasteiger partial charge in [0.15, 0.2) is 24.7 Å². The maximum Gasteiger partial charge on any atom is 0.422 e. The first-order valence-electron chi connectivity index (χ1n) is 13.9. The van der Waals surface area contributed by atoms with Gasteiger partial charge in [-0.2, -0.15) is 18.4 Å². The lowest BCUT2D eigenvalue weighted by molar-refractivity contribution is -0.153. The van der Waals surface area contributed by atoms with Crippen molar-refractivity contribution in [3.05, 3.63) is 89.0 Å². The number of benzene rings is 3. The van der Waals surface area contributed by atoms with E-state index in [9.17, 15) is 28.0 Å². The highest BCUT2D eigenvalue weighted by Crippen LogP contribution is 2.33. The van der Waals surface area contributed by atoms with Gasteiger partial charge in [0.1, 0.15) is 6.07 Å². The summed E-state index contributed by atoms with van der Waals surface area (Å²) in [7, 11) is 0. The van der Waals surface area contributed by atoms with Crippen molar-refractivity contribution >= 4 is 17.6 Å². The molecule has 0 spiro atoms. The highest BCUT2D eigenvalue weighted by atomic mass is 19.4. The monoisotopic (exact) mass is 595 g/mol. The van der Waals surface area contributed by atoms with Crippen LogP contribution >= 0.6 is 0 Å². The molecule has 1 aliphatic rings. The molecule has 0 bridgehead atoms. The number of nitrogens with zero attached hydrogens (tertiary/aromatic N) is 2. The van der Waals surface area contributed by atoms with Crippen LogP contribution < -0.4 is 19.7 Å². The highest BCUT2D eigenvalue weighted by molar-refractivity contribution is 5.89. The second-order valence-corrected chi connectivity index (χ2v) is 10.2. The fourth-order valence-electron chi connectivity index (χ4n) is 4.91. The molecule has 0 aliphatic carbocycles. The van der Waals surface area contributed by atoms with Gasteiger partial charge >= 0.3 is 12.1 Å². The highest BCUT2D eigenvalue weighted by Gasteiger charge is 2.29. The van der Waals surface area contributed by atoms with Gasteiger partial charge in [0.25, 0.3) is 5.91 Å². The number of fused-ring (bicyclic) bond motifs is 1. The Hall–Kier alpha value is -4.72. The number of anilines is 1. The normalized spacial score (nSPS) is 13.0. The number of hydrogen-bond donors (Lipinski definition) is 1. The summed E-state index contributed by atoms with van der Waals surface area (Å²) < 4.78 is 53.1. The summed E-state index contributed by atoms with van der Waals surface area (Å²) in [5.74, 6) is -0.882. The Kier molecular flexibility index (Phi) is 10.5. The molecule has 1 atom stereocenters. The number of ether oxygens (including phenoxy) is 3. The molecule has 3 aromatic carbocycles. The Bertz CT molecular complexity index is 1460. The van der Waals surface area contributed by atoms with Crippen molar-refractivity contribution in [2.45, 2.75) is 38.4 Å². The molecule has 11 heteroatoms. The van der Waals surface area contributed by atoms with Crippen LogP contribution in [0.15, 0.2) is 66.7 Å². The Labute approximate surface area is 248 Å². The Morgan fingerprint density at radius 2 is 1.74 bits per heavy atom. The standard InChI is InChI=1S/C32H32F3N3O5/c1-22(37-29(39)20-42-27-10-5-6-11-28(27)43-21-32(33,34)35)16-23-17-25-12-14-38(30(25)26(18-23)19-36)13-7-15-41-31(40)24-8-3-2-4-9-24/h2-6,8-11,17-18,22H,7,12-16,20-21H2,1H3,(H,37,39). The van der Waals surface area contributed by atoms with Crippen molar-refractivity contribution in [3.63, 3.8) is 0 Å². The number of nitriles is 1. The molecule has 0 aromatic heterocycles. The van der Waals surface area contributed by atoms with Crippen molar-refractivity contribution < 1.29 is 37.0 Å². The number of amides is 1. The molecule has 1 aliphatic heterocycles. The zero-order valence-corrected chi connectivity index (χ0v) is 23.7. The summed E-state index contributed by atoms with van der Waals surface area (Å²) in [5.41, 5.74) is 3.88. The molecule has 8 nitrogen and oxygen atoms in total. The average Bonchev–Trinajstić information content (AvgIpc) is 3.39. The van der Waals surface area contributed by atoms with E-state index >= 15 is 0 Å². The molecular weight excluding hydrogens is 563 g/mol. The van der Waals surface area contributed by atoms with Crippen LogP contribution in [-0.4, -0.2) is 57.0 Å². The minimum Gasteiger partial charge on any atom is -0.480 e. The van der Waals surface area contributed by atoms with Crippen LogP contribution in [0.1, 0.15) is 40.4 Å². The van der Waals surface area contributed by atoms with Gasteiger partial charge in [-0.3, -0.25) is 4.79 Å². The molecule has 1 unspecified atom stereocenters. The number of halogens is 3. The number of alkyl halides is 3. The first-order valence-corrected chi connectivity index (χ1v) is 13.9. The van der Waals surface area contributed by atoms with Crippen LogP contribution in [0.3, 0.4) is 0 Å². The number of para-hydroxylation sites is 2. The smallest absolute Gasteiger partial charge is 0.422 e. The van der Waals surface area contributed by atoms with Crippen LogP contribution in [0.5, 0.6) is 11.5 Å². The maximum absolute atomic E-state index is 12.5. The SMILES string of the molecule is CC(Cc1cc(C#N)c2c(c1)CCN2CCCOC(=O)c1ccccc1)NC(=O)COc1ccccc1OCC(F)(F)F. The Morgan fingerprint density at radius 3 is 2.44 bits per heavy atom. The third kappa shape index (κ3) is 9.13. The predicted molar refractivity (Wildman–Crippen MR) is 153 cm³/mol. The van der Waals surface area contributed by atoms with Crippen molar-refractivity contribution in [2.75, 3.05) is 37.8 Å². The molecule has 226 valence electrons. The summed E-state index contributed by atoms with van der Waals surface area (Å²) in [6, 6.07) is 20.5. The first kappa shape index (κ1) is 31.2. The van der Waals surface area contributed by atoms with Crippen LogP contribution in [-0.2, 0) is 22.4 Å². The van der Waals surface area contributed by atoms with Gasteiger partial charge in [-0.05, 0) is 67.6 Å². The molecule has 0 saturated carbocycles. The zero-order chi connectivity index (χ0) is 30.8. The van der Waals surface area contributed by atoms with Gasteiger partial charge in [0.05, 0.1) is 23.4 Å². The number of hydrogen-bond acceptors (Lipinski definition) is 7. The molecule has 1 heterocycles. The third-order valence-corrected chi connectivity index (χ3v) is 6.70. The minimum absolute atomic E-state index is 0.0331. The summed E-state index contributed by atoms with van der Waals surface area (Å²) in [6.45, 7) is 1.61. The lowest BCUT2D eigenvalue weighted by Crippen LogP contribution is -2.37. The molecule has 3 aromatic rings. The predicted octanol–water partition coefficient (Wildman–Crippen LogP) is 5.24. The fourth-order valence-corrected chi connectivity index (χ4v) is 4.91. The average molecular weight is 596 g/mol. The van der Waals surface area contributed by atoms with E-state index in [1.54, 1.807) is 30.3 Å². The number of carbonyl (C=O) groups is 2. The second-order valence-electron chi connectivity index (χ2n) is 10.2. The summed E-state index contributed by atoms with van der Waals surface area (Å²) in [4.78, 5) is 26.8. The van der Waals surface area contributed by atoms with Crippen LogP contribution in [0.4, 0.5) is 18.9 Å². The molecule has 43 heavy (non-hydrogen) atoms. The van der Waals surface area contributed by atoms with Crippen molar-refractivity contribution in [3.8, 4) is 17.6 Å². The summed E-state index contributed by atoms with van der Waals surface area (Å²) in [5, 5.41) is 12.7. The number of rotatable bonds is 13. The summed E-state index contributed by atoms with van der Waals surface area (Å²) in [6.07, 6.45) is -2.64. The molecule has 4 rings (SSSR count). The number of nitrogens with one attached hydrogen (secondary N) is 1. The van der Waals surface area contributed by atoms with E-state index in [1.807, 2.05) is 25.1 Å². The fraction of sp³-hybridized carbons (Fsp3) is 0.344. The lowest BCUT2D eigenvalue weighted by atomic mass is 9.99. The van der Waals surface area contributed by atoms with E-state index in [4.69, 9.17) is 14.2 Å². The quantitative estimate of drug-likeness (QED) is 0.213. The van der Waals surface area contributed by atoms with E-state index in [0.29, 0.717) is 30.5 Å². The first-order chi connectivity index (χ1) is 20.6. The second kappa shape index (κ2) is 14.4. The maximum atomic E-state index is 12.5. The third-order valence-electron chi connectivity index (χ3n) is 6.70. The van der Waals surface area contributed by atoms with E-state index < -0.39 is 25.3 Å². The van der Waals surface area contributed by atoms with Crippen LogP contribution in [0.25, 0.3) is 0 Å². The van der Waals surface area contributed by atoms with Gasteiger partial charge < -0.3 is 24.4 Å². The van der Waals surface area contributed by atoms with Crippen molar-refractivity contribution in [2.24, 2.45) is 0 Å². The molecule has 0 fully saturated rings. The van der Waals surface area contributed by atoms with Gasteiger partial charge in [-0.25, -0.2) is 4.79 Å². The van der Waals surface area contributed by atoms with Gasteiger partial charge in [0.2, 0.25) is 0 Å². The van der Waals surface area contributed by atoms with E-state index in [1.165, 1.54) is 18.2 Å². The molecule has 1 amide bonds. The van der Waals surface area contributed by atoms with E-state index in [2.05, 4.69) is 16.3 Å². The minimum atomic E-state index is -4.50. The van der Waals surface area contributed by atoms with E-state index in [-0.39, 0.29) is 30.1 Å². The largest absolute Gasteiger partial charge is 0.480 e. The van der Waals surface area contributed by atoms with Crippen LogP contribution in [0.2, 0.25) is 0 Å². The van der Waals surface area contributed by atoms with Crippen molar-refractivity contribution in [1.29, 1.82) is 5.26 Å². The van der Waals surface area contributed by atoms with Crippen molar-refractivity contribution in [1.82, 2.24) is 5.32 Å². The molecule has 0 saturated heterocycles. The Morgan fingerprint density at radius 1 is 1.05 bits per heavy atom. The number of esters is 1. The van der Waals surface area contributed by atoms with E-state index in [0.717, 1.165) is 29.8 Å².